The highest BCUT2D eigenvalue weighted by Gasteiger charge is 2.24. The first-order valence-corrected chi connectivity index (χ1v) is 4.99. The van der Waals surface area contributed by atoms with E-state index in [1.807, 2.05) is 0 Å². The van der Waals surface area contributed by atoms with E-state index < -0.39 is 12.1 Å². The molecule has 1 rings (SSSR count). The van der Waals surface area contributed by atoms with Gasteiger partial charge in [0.2, 0.25) is 0 Å². The van der Waals surface area contributed by atoms with Crippen molar-refractivity contribution in [2.45, 2.75) is 13.0 Å². The number of carbonyl (C=O) groups is 1. The van der Waals surface area contributed by atoms with Crippen LogP contribution < -0.4 is 4.74 Å². The standard InChI is InChI=1S/C11H13ClO4/c1-6-4-5-7(15-2)9(12)8(6)10(13)11(14)16-3/h4-5,10,13H,1-3H3. The molecule has 5 heteroatoms. The Morgan fingerprint density at radius 1 is 1.44 bits per heavy atom. The number of halogens is 1. The van der Waals surface area contributed by atoms with E-state index in [9.17, 15) is 9.90 Å². The van der Waals surface area contributed by atoms with E-state index in [0.717, 1.165) is 0 Å². The number of hydrogen-bond acceptors (Lipinski definition) is 4. The predicted molar refractivity (Wildman–Crippen MR) is 59.7 cm³/mol. The lowest BCUT2D eigenvalue weighted by atomic mass is 10.0. The number of hydrogen-bond donors (Lipinski definition) is 1. The summed E-state index contributed by atoms with van der Waals surface area (Å²) in [5, 5.41) is 9.98. The molecule has 4 nitrogen and oxygen atoms in total. The number of carbonyl (C=O) groups excluding carboxylic acids is 1. The molecule has 0 aliphatic heterocycles. The molecule has 1 atom stereocenters. The molecule has 0 aliphatic carbocycles. The first-order valence-electron chi connectivity index (χ1n) is 4.61. The number of aryl methyl sites for hydroxylation is 1. The van der Waals surface area contributed by atoms with Crippen LogP contribution in [-0.4, -0.2) is 25.3 Å². The van der Waals surface area contributed by atoms with E-state index in [2.05, 4.69) is 4.74 Å². The van der Waals surface area contributed by atoms with Crippen LogP contribution in [0.2, 0.25) is 5.02 Å². The highest BCUT2D eigenvalue weighted by atomic mass is 35.5. The molecule has 1 unspecified atom stereocenters. The first kappa shape index (κ1) is 12.8. The van der Waals surface area contributed by atoms with Crippen LogP contribution in [0.25, 0.3) is 0 Å². The van der Waals surface area contributed by atoms with Gasteiger partial charge in [-0.1, -0.05) is 17.7 Å². The zero-order valence-electron chi connectivity index (χ0n) is 9.28. The minimum atomic E-state index is -1.40. The van der Waals surface area contributed by atoms with Gasteiger partial charge < -0.3 is 14.6 Å². The van der Waals surface area contributed by atoms with Gasteiger partial charge in [0.05, 0.1) is 19.2 Å². The summed E-state index contributed by atoms with van der Waals surface area (Å²) in [5.74, 6) is -0.344. The van der Waals surface area contributed by atoms with Crippen LogP contribution in [0.1, 0.15) is 17.2 Å². The van der Waals surface area contributed by atoms with Gasteiger partial charge in [-0.25, -0.2) is 4.79 Å². The van der Waals surface area contributed by atoms with Crippen molar-refractivity contribution in [3.63, 3.8) is 0 Å². The lowest BCUT2D eigenvalue weighted by Gasteiger charge is -2.15. The van der Waals surface area contributed by atoms with Crippen molar-refractivity contribution in [2.75, 3.05) is 14.2 Å². The molecule has 1 N–H and O–H groups in total. The molecular weight excluding hydrogens is 232 g/mol. The first-order chi connectivity index (χ1) is 7.52. The molecular formula is C11H13ClO4. The number of ether oxygens (including phenoxy) is 2. The van der Waals surface area contributed by atoms with Crippen molar-refractivity contribution >= 4 is 17.6 Å². The number of methoxy groups -OCH3 is 2. The fourth-order valence-corrected chi connectivity index (χ4v) is 1.78. The topological polar surface area (TPSA) is 55.8 Å². The van der Waals surface area contributed by atoms with Crippen molar-refractivity contribution in [3.05, 3.63) is 28.3 Å². The third kappa shape index (κ3) is 2.28. The van der Waals surface area contributed by atoms with Crippen LogP contribution in [0.5, 0.6) is 5.75 Å². The maximum atomic E-state index is 11.2. The Morgan fingerprint density at radius 2 is 2.06 bits per heavy atom. The zero-order chi connectivity index (χ0) is 12.3. The van der Waals surface area contributed by atoms with Crippen molar-refractivity contribution < 1.29 is 19.4 Å². The molecule has 0 aliphatic rings. The fraction of sp³-hybridized carbons (Fsp3) is 0.364. The summed E-state index contributed by atoms with van der Waals surface area (Å²) >= 11 is 6.02. The Balaban J connectivity index is 3.26. The highest BCUT2D eigenvalue weighted by Crippen LogP contribution is 2.34. The van der Waals surface area contributed by atoms with Crippen LogP contribution in [0, 0.1) is 6.92 Å². The molecule has 0 aromatic heterocycles. The maximum Gasteiger partial charge on any atom is 0.339 e. The average molecular weight is 245 g/mol. The fourth-order valence-electron chi connectivity index (χ4n) is 1.39. The number of aliphatic hydroxyl groups excluding tert-OH is 1. The SMILES string of the molecule is COC(=O)C(O)c1c(C)ccc(OC)c1Cl. The minimum Gasteiger partial charge on any atom is -0.495 e. The summed E-state index contributed by atoms with van der Waals surface area (Å²) in [7, 11) is 2.67. The molecule has 1 aromatic rings. The second kappa shape index (κ2) is 5.18. The van der Waals surface area contributed by atoms with E-state index in [1.54, 1.807) is 19.1 Å². The highest BCUT2D eigenvalue weighted by molar-refractivity contribution is 6.33. The van der Waals surface area contributed by atoms with Crippen molar-refractivity contribution in [1.82, 2.24) is 0 Å². The lowest BCUT2D eigenvalue weighted by molar-refractivity contribution is -0.150. The Bertz CT molecular complexity index is 403. The summed E-state index contributed by atoms with van der Waals surface area (Å²) in [6.07, 6.45) is -1.40. The lowest BCUT2D eigenvalue weighted by Crippen LogP contribution is -2.15. The van der Waals surface area contributed by atoms with Crippen LogP contribution in [0.15, 0.2) is 12.1 Å². The van der Waals surface area contributed by atoms with E-state index >= 15 is 0 Å². The predicted octanol–water partition coefficient (Wildman–Crippen LogP) is 1.86. The molecule has 0 spiro atoms. The van der Waals surface area contributed by atoms with Gasteiger partial charge in [0, 0.05) is 5.56 Å². The van der Waals surface area contributed by atoms with Gasteiger partial charge in [-0.3, -0.25) is 0 Å². The average Bonchev–Trinajstić information content (AvgIpc) is 2.28. The maximum absolute atomic E-state index is 11.2. The van der Waals surface area contributed by atoms with E-state index in [-0.39, 0.29) is 5.02 Å². The smallest absolute Gasteiger partial charge is 0.339 e. The molecule has 0 saturated heterocycles. The minimum absolute atomic E-state index is 0.223. The molecule has 88 valence electrons. The summed E-state index contributed by atoms with van der Waals surface area (Å²) < 4.78 is 9.47. The molecule has 1 aromatic carbocycles. The van der Waals surface area contributed by atoms with E-state index in [4.69, 9.17) is 16.3 Å². The number of rotatable bonds is 3. The third-order valence-corrected chi connectivity index (χ3v) is 2.67. The van der Waals surface area contributed by atoms with Gasteiger partial charge >= 0.3 is 5.97 Å². The van der Waals surface area contributed by atoms with Gasteiger partial charge in [0.1, 0.15) is 5.75 Å². The summed E-state index contributed by atoms with van der Waals surface area (Å²) in [4.78, 5) is 11.2. The number of benzene rings is 1. The van der Waals surface area contributed by atoms with Crippen LogP contribution >= 0.6 is 11.6 Å². The van der Waals surface area contributed by atoms with Gasteiger partial charge in [0.25, 0.3) is 0 Å². The number of aliphatic hydroxyl groups is 1. The summed E-state index contributed by atoms with van der Waals surface area (Å²) in [5.41, 5.74) is 1.01. The van der Waals surface area contributed by atoms with Crippen LogP contribution in [0.3, 0.4) is 0 Å². The number of esters is 1. The monoisotopic (exact) mass is 244 g/mol. The second-order valence-corrected chi connectivity index (χ2v) is 3.62. The molecule has 0 saturated carbocycles. The molecule has 0 amide bonds. The van der Waals surface area contributed by atoms with Crippen molar-refractivity contribution in [3.8, 4) is 5.75 Å². The molecule has 0 fully saturated rings. The normalized spacial score (nSPS) is 12.1. The summed E-state index contributed by atoms with van der Waals surface area (Å²) in [6.45, 7) is 1.74. The van der Waals surface area contributed by atoms with Crippen molar-refractivity contribution in [2.24, 2.45) is 0 Å². The Hall–Kier alpha value is -1.26. The Kier molecular flexibility index (Phi) is 4.15. The van der Waals surface area contributed by atoms with Gasteiger partial charge in [-0.2, -0.15) is 0 Å². The van der Waals surface area contributed by atoms with E-state index in [1.165, 1.54) is 14.2 Å². The third-order valence-electron chi connectivity index (χ3n) is 2.28. The largest absolute Gasteiger partial charge is 0.495 e. The van der Waals surface area contributed by atoms with Crippen LogP contribution in [-0.2, 0) is 9.53 Å². The second-order valence-electron chi connectivity index (χ2n) is 3.24. The molecule has 0 heterocycles. The Labute approximate surface area is 98.7 Å². The molecule has 16 heavy (non-hydrogen) atoms. The van der Waals surface area contributed by atoms with Crippen molar-refractivity contribution in [1.29, 1.82) is 0 Å². The van der Waals surface area contributed by atoms with E-state index in [0.29, 0.717) is 16.9 Å². The zero-order valence-corrected chi connectivity index (χ0v) is 10.0. The van der Waals surface area contributed by atoms with Gasteiger partial charge in [-0.15, -0.1) is 0 Å². The summed E-state index contributed by atoms with van der Waals surface area (Å²) in [6, 6.07) is 3.39. The Morgan fingerprint density at radius 3 is 2.56 bits per heavy atom. The van der Waals surface area contributed by atoms with Crippen LogP contribution in [0.4, 0.5) is 0 Å². The van der Waals surface area contributed by atoms with Gasteiger partial charge in [0.15, 0.2) is 6.10 Å². The molecule has 0 bridgehead atoms. The molecule has 0 radical (unpaired) electrons. The van der Waals surface area contributed by atoms with Gasteiger partial charge in [-0.05, 0) is 18.6 Å². The quantitative estimate of drug-likeness (QED) is 0.825.